The molecule has 0 N–H and O–H groups in total. The number of aryl methyl sites for hydroxylation is 4. The standard InChI is InChI=1S/C68H60N2O2/c1-37-18-26-60(45(9)41(37)5)69(61-27-19-38(2)42(6)46(61)10)54-24-22-50-32-56-58-36-59-57-33-51-23-25-55(70(62-28-20-39(3)43(7)47(62)11)63-29-21-40(4)44(8)48(63)12)31-53(51)35-65(57)72-68(59)66(49-16-14-13-15-17-49)67(58)71-64(56)34-52(50)30-54/h13-36H,1-12H3. The number of hydrogen-bond acceptors (Lipinski definition) is 4. The fourth-order valence-corrected chi connectivity index (χ4v) is 11.3. The highest BCUT2D eigenvalue weighted by Crippen LogP contribution is 2.48. The molecule has 0 aliphatic rings. The van der Waals surface area contributed by atoms with Crippen LogP contribution in [0.25, 0.3) is 76.5 Å². The molecule has 354 valence electrons. The zero-order chi connectivity index (χ0) is 50.0. The Morgan fingerprint density at radius 1 is 0.292 bits per heavy atom. The van der Waals surface area contributed by atoms with Gasteiger partial charge in [-0.05, 0) is 256 Å². The molecule has 0 saturated heterocycles. The Labute approximate surface area is 422 Å². The van der Waals surface area contributed by atoms with Crippen molar-refractivity contribution in [2.75, 3.05) is 9.80 Å². The predicted octanol–water partition coefficient (Wildman–Crippen LogP) is 20.1. The fourth-order valence-electron chi connectivity index (χ4n) is 11.3. The molecule has 4 heteroatoms. The van der Waals surface area contributed by atoms with Gasteiger partial charge >= 0.3 is 0 Å². The lowest BCUT2D eigenvalue weighted by molar-refractivity contribution is 0.658. The highest BCUT2D eigenvalue weighted by molar-refractivity contribution is 6.24. The molecule has 0 bridgehead atoms. The summed E-state index contributed by atoms with van der Waals surface area (Å²) in [5.41, 5.74) is 27.9. The van der Waals surface area contributed by atoms with Crippen molar-refractivity contribution in [3.05, 3.63) is 212 Å². The second-order valence-corrected chi connectivity index (χ2v) is 20.6. The molecule has 0 saturated carbocycles. The van der Waals surface area contributed by atoms with Crippen LogP contribution in [0, 0.1) is 83.1 Å². The van der Waals surface area contributed by atoms with E-state index in [1.165, 1.54) is 89.5 Å². The van der Waals surface area contributed by atoms with Crippen LogP contribution in [0.5, 0.6) is 0 Å². The SMILES string of the molecule is Cc1ccc(N(c2ccc3cc4c(cc3c2)oc2c(-c3ccccc3)c3oc5cc6cc(N(c7ccc(C)c(C)c7C)c7ccc(C)c(C)c7C)ccc6cc5c3cc24)c2ccc(C)c(C)c2C)c(C)c1C. The quantitative estimate of drug-likeness (QED) is 0.159. The minimum Gasteiger partial charge on any atom is -0.455 e. The first-order valence-corrected chi connectivity index (χ1v) is 25.3. The van der Waals surface area contributed by atoms with Crippen LogP contribution in [0.1, 0.15) is 66.8 Å². The molecule has 0 aliphatic heterocycles. The van der Waals surface area contributed by atoms with E-state index in [-0.39, 0.29) is 0 Å². The van der Waals surface area contributed by atoms with Crippen molar-refractivity contribution in [3.8, 4) is 11.1 Å². The Bertz CT molecular complexity index is 3880. The number of nitrogens with zero attached hydrogens (tertiary/aromatic N) is 2. The van der Waals surface area contributed by atoms with Crippen LogP contribution in [0.3, 0.4) is 0 Å². The lowest BCUT2D eigenvalue weighted by atomic mass is 9.96. The molecule has 12 rings (SSSR count). The molecule has 4 nitrogen and oxygen atoms in total. The second-order valence-electron chi connectivity index (χ2n) is 20.6. The molecule has 0 fully saturated rings. The molecule has 0 unspecified atom stereocenters. The van der Waals surface area contributed by atoms with Crippen LogP contribution < -0.4 is 9.80 Å². The van der Waals surface area contributed by atoms with Crippen LogP contribution in [-0.4, -0.2) is 0 Å². The summed E-state index contributed by atoms with van der Waals surface area (Å²) in [5.74, 6) is 0. The van der Waals surface area contributed by atoms with E-state index in [9.17, 15) is 0 Å². The van der Waals surface area contributed by atoms with Gasteiger partial charge in [0.25, 0.3) is 0 Å². The zero-order valence-electron chi connectivity index (χ0n) is 43.6. The molecular weight excluding hydrogens is 877 g/mol. The summed E-state index contributed by atoms with van der Waals surface area (Å²) >= 11 is 0. The topological polar surface area (TPSA) is 32.8 Å². The number of benzene rings is 10. The molecule has 72 heavy (non-hydrogen) atoms. The van der Waals surface area contributed by atoms with Crippen LogP contribution in [0.2, 0.25) is 0 Å². The summed E-state index contributed by atoms with van der Waals surface area (Å²) < 4.78 is 14.2. The molecule has 2 aromatic heterocycles. The van der Waals surface area contributed by atoms with Gasteiger partial charge in [0.1, 0.15) is 22.3 Å². The molecule has 0 amide bonds. The van der Waals surface area contributed by atoms with Gasteiger partial charge in [-0.1, -0.05) is 66.7 Å². The molecule has 0 aliphatic carbocycles. The van der Waals surface area contributed by atoms with Gasteiger partial charge in [-0.15, -0.1) is 0 Å². The minimum atomic E-state index is 0.825. The van der Waals surface area contributed by atoms with Crippen LogP contribution in [0.15, 0.2) is 154 Å². The van der Waals surface area contributed by atoms with Crippen molar-refractivity contribution in [2.45, 2.75) is 83.1 Å². The van der Waals surface area contributed by atoms with E-state index in [2.05, 4.69) is 238 Å². The first-order valence-electron chi connectivity index (χ1n) is 25.3. The van der Waals surface area contributed by atoms with E-state index in [1.807, 2.05) is 0 Å². The largest absolute Gasteiger partial charge is 0.455 e. The zero-order valence-corrected chi connectivity index (χ0v) is 43.6. The number of furan rings is 2. The van der Waals surface area contributed by atoms with Gasteiger partial charge in [-0.25, -0.2) is 0 Å². The first kappa shape index (κ1) is 45.1. The van der Waals surface area contributed by atoms with Crippen molar-refractivity contribution in [1.82, 2.24) is 0 Å². The maximum atomic E-state index is 7.09. The normalized spacial score (nSPS) is 11.9. The summed E-state index contributed by atoms with van der Waals surface area (Å²) in [6.07, 6.45) is 0. The van der Waals surface area contributed by atoms with E-state index in [4.69, 9.17) is 8.83 Å². The molecular formula is C68H60N2O2. The number of hydrogen-bond donors (Lipinski definition) is 0. The average molecular weight is 937 g/mol. The molecule has 10 aromatic carbocycles. The summed E-state index contributed by atoms with van der Waals surface area (Å²) in [4.78, 5) is 4.88. The van der Waals surface area contributed by atoms with Crippen LogP contribution in [-0.2, 0) is 0 Å². The van der Waals surface area contributed by atoms with Gasteiger partial charge in [-0.2, -0.15) is 0 Å². The van der Waals surface area contributed by atoms with Crippen molar-refractivity contribution in [1.29, 1.82) is 0 Å². The Morgan fingerprint density at radius 3 is 1.01 bits per heavy atom. The Kier molecular flexibility index (Phi) is 10.5. The van der Waals surface area contributed by atoms with Gasteiger partial charge in [0.05, 0.1) is 5.56 Å². The highest BCUT2D eigenvalue weighted by atomic mass is 16.3. The van der Waals surface area contributed by atoms with Crippen LogP contribution >= 0.6 is 0 Å². The summed E-state index contributed by atoms with van der Waals surface area (Å²) in [7, 11) is 0. The fraction of sp³-hybridized carbons (Fsp3) is 0.176. The monoisotopic (exact) mass is 936 g/mol. The summed E-state index contributed by atoms with van der Waals surface area (Å²) in [6, 6.07) is 53.8. The van der Waals surface area contributed by atoms with E-state index in [0.29, 0.717) is 0 Å². The Hall–Kier alpha value is -8.08. The molecule has 2 heterocycles. The predicted molar refractivity (Wildman–Crippen MR) is 308 cm³/mol. The highest BCUT2D eigenvalue weighted by Gasteiger charge is 2.25. The van der Waals surface area contributed by atoms with Gasteiger partial charge in [-0.3, -0.25) is 0 Å². The van der Waals surface area contributed by atoms with Crippen molar-refractivity contribution >= 4 is 99.5 Å². The third-order valence-corrected chi connectivity index (χ3v) is 16.7. The van der Waals surface area contributed by atoms with Crippen molar-refractivity contribution in [3.63, 3.8) is 0 Å². The molecule has 0 radical (unpaired) electrons. The smallest absolute Gasteiger partial charge is 0.147 e. The third kappa shape index (κ3) is 6.94. The second kappa shape index (κ2) is 16.8. The first-order chi connectivity index (χ1) is 34.7. The average Bonchev–Trinajstić information content (AvgIpc) is 3.92. The lowest BCUT2D eigenvalue weighted by Gasteiger charge is -2.30. The third-order valence-electron chi connectivity index (χ3n) is 16.7. The van der Waals surface area contributed by atoms with E-state index in [1.54, 1.807) is 0 Å². The van der Waals surface area contributed by atoms with Gasteiger partial charge in [0.15, 0.2) is 0 Å². The summed E-state index contributed by atoms with van der Waals surface area (Å²) in [6.45, 7) is 26.7. The number of fused-ring (bicyclic) bond motifs is 8. The van der Waals surface area contributed by atoms with Gasteiger partial charge in [0, 0.05) is 55.7 Å². The lowest BCUT2D eigenvalue weighted by Crippen LogP contribution is -2.14. The van der Waals surface area contributed by atoms with E-state index in [0.717, 1.165) is 87.9 Å². The molecule has 0 atom stereocenters. The maximum absolute atomic E-state index is 7.09. The van der Waals surface area contributed by atoms with Gasteiger partial charge in [0.2, 0.25) is 0 Å². The Balaban J connectivity index is 1.04. The van der Waals surface area contributed by atoms with Crippen molar-refractivity contribution in [2.24, 2.45) is 0 Å². The Morgan fingerprint density at radius 2 is 0.653 bits per heavy atom. The molecule has 0 spiro atoms. The molecule has 12 aromatic rings. The van der Waals surface area contributed by atoms with E-state index >= 15 is 0 Å². The number of rotatable bonds is 7. The van der Waals surface area contributed by atoms with Crippen molar-refractivity contribution < 1.29 is 8.83 Å². The van der Waals surface area contributed by atoms with Gasteiger partial charge < -0.3 is 18.6 Å². The number of anilines is 6. The maximum Gasteiger partial charge on any atom is 0.147 e. The van der Waals surface area contributed by atoms with E-state index < -0.39 is 0 Å². The van der Waals surface area contributed by atoms with Crippen LogP contribution in [0.4, 0.5) is 34.1 Å². The minimum absolute atomic E-state index is 0.825. The summed E-state index contributed by atoms with van der Waals surface area (Å²) in [5, 5.41) is 8.86.